The summed E-state index contributed by atoms with van der Waals surface area (Å²) in [6.45, 7) is 26.3. The molecule has 0 radical (unpaired) electrons. The molecule has 5 nitrogen and oxygen atoms in total. The maximum absolute atomic E-state index is 7.06. The molecule has 40 heavy (non-hydrogen) atoms. The SMILES string of the molecule is C[C@@H]1OC(CO[Si](C)(C)C(C)(C)C)[C@@H](OCc2ccccc2)C(OCc2ccccc2)C1O[Si](C)(C)C(C)(C)C. The number of hydrogen-bond acceptors (Lipinski definition) is 5. The van der Waals surface area contributed by atoms with E-state index in [1.807, 2.05) is 36.4 Å². The molecule has 0 spiro atoms. The second-order valence-electron chi connectivity index (χ2n) is 14.3. The largest absolute Gasteiger partial charge is 0.414 e. The highest BCUT2D eigenvalue weighted by Crippen LogP contribution is 2.41. The van der Waals surface area contributed by atoms with Crippen LogP contribution in [0.25, 0.3) is 0 Å². The summed E-state index contributed by atoms with van der Waals surface area (Å²) in [5, 5.41) is 0.157. The monoisotopic (exact) mass is 586 g/mol. The maximum Gasteiger partial charge on any atom is 0.192 e. The summed E-state index contributed by atoms with van der Waals surface area (Å²) < 4.78 is 34.0. The Morgan fingerprint density at radius 2 is 1.10 bits per heavy atom. The van der Waals surface area contributed by atoms with Crippen molar-refractivity contribution in [3.05, 3.63) is 71.8 Å². The summed E-state index contributed by atoms with van der Waals surface area (Å²) in [6, 6.07) is 20.6. The van der Waals surface area contributed by atoms with Crippen LogP contribution in [0.15, 0.2) is 60.7 Å². The second kappa shape index (κ2) is 13.3. The van der Waals surface area contributed by atoms with E-state index in [1.165, 1.54) is 0 Å². The summed E-state index contributed by atoms with van der Waals surface area (Å²) in [5.74, 6) is 0. The molecule has 0 aliphatic carbocycles. The Morgan fingerprint density at radius 3 is 1.55 bits per heavy atom. The molecular weight excluding hydrogens is 533 g/mol. The lowest BCUT2D eigenvalue weighted by molar-refractivity contribution is -0.250. The Labute approximate surface area is 246 Å². The molecule has 2 aromatic rings. The van der Waals surface area contributed by atoms with Gasteiger partial charge in [-0.2, -0.15) is 0 Å². The Morgan fingerprint density at radius 1 is 0.650 bits per heavy atom. The number of ether oxygens (including phenoxy) is 3. The van der Waals surface area contributed by atoms with Gasteiger partial charge in [0.05, 0.1) is 32.0 Å². The fourth-order valence-electron chi connectivity index (χ4n) is 4.34. The maximum atomic E-state index is 7.06. The molecule has 0 amide bonds. The van der Waals surface area contributed by atoms with Crippen LogP contribution in [-0.4, -0.2) is 53.8 Å². The molecule has 1 fully saturated rings. The molecule has 7 heteroatoms. The standard InChI is InChI=1S/C33H54O5Si2/c1-25-29(38-40(10,11)33(5,6)7)31(35-23-27-20-16-13-17-21-27)30(34-22-26-18-14-12-15-19-26)28(37-25)24-36-39(8,9)32(2,3)4/h12-21,25,28-31H,22-24H2,1-11H3/t25-,28?,29?,30+,31?/m0/s1. The zero-order valence-corrected chi connectivity index (χ0v) is 28.8. The molecule has 1 aliphatic heterocycles. The average Bonchev–Trinajstić information content (AvgIpc) is 2.87. The lowest BCUT2D eigenvalue weighted by Gasteiger charge is -2.50. The van der Waals surface area contributed by atoms with Crippen LogP contribution in [0.5, 0.6) is 0 Å². The van der Waals surface area contributed by atoms with Gasteiger partial charge in [0.1, 0.15) is 18.3 Å². The molecule has 2 aromatic carbocycles. The first kappa shape index (κ1) is 33.2. The normalized spacial score (nSPS) is 24.7. The van der Waals surface area contributed by atoms with E-state index in [9.17, 15) is 0 Å². The van der Waals surface area contributed by atoms with Crippen molar-refractivity contribution in [2.75, 3.05) is 6.61 Å². The molecule has 0 N–H and O–H groups in total. The van der Waals surface area contributed by atoms with Gasteiger partial charge in [-0.25, -0.2) is 0 Å². The topological polar surface area (TPSA) is 46.2 Å². The quantitative estimate of drug-likeness (QED) is 0.248. The van der Waals surface area contributed by atoms with Gasteiger partial charge in [0.25, 0.3) is 0 Å². The van der Waals surface area contributed by atoms with Crippen LogP contribution in [0.3, 0.4) is 0 Å². The second-order valence-corrected chi connectivity index (χ2v) is 23.9. The van der Waals surface area contributed by atoms with Gasteiger partial charge in [-0.15, -0.1) is 0 Å². The van der Waals surface area contributed by atoms with Crippen LogP contribution in [0.4, 0.5) is 0 Å². The van der Waals surface area contributed by atoms with Gasteiger partial charge in [-0.3, -0.25) is 0 Å². The molecule has 1 heterocycles. The molecule has 3 unspecified atom stereocenters. The van der Waals surface area contributed by atoms with E-state index in [-0.39, 0.29) is 40.6 Å². The molecule has 1 saturated heterocycles. The van der Waals surface area contributed by atoms with Gasteiger partial charge in [-0.05, 0) is 54.3 Å². The zero-order valence-electron chi connectivity index (χ0n) is 26.8. The summed E-state index contributed by atoms with van der Waals surface area (Å²) in [4.78, 5) is 0. The molecule has 0 saturated carbocycles. The molecule has 5 atom stereocenters. The fourth-order valence-corrected chi connectivity index (χ4v) is 6.72. The van der Waals surface area contributed by atoms with Crippen LogP contribution in [0.1, 0.15) is 59.6 Å². The molecular formula is C33H54O5Si2. The number of rotatable bonds is 11. The van der Waals surface area contributed by atoms with Crippen molar-refractivity contribution < 1.29 is 23.1 Å². The van der Waals surface area contributed by atoms with Gasteiger partial charge in [0, 0.05) is 0 Å². The van der Waals surface area contributed by atoms with E-state index in [0.29, 0.717) is 19.8 Å². The smallest absolute Gasteiger partial charge is 0.192 e. The van der Waals surface area contributed by atoms with Crippen molar-refractivity contribution in [1.82, 2.24) is 0 Å². The van der Waals surface area contributed by atoms with Crippen molar-refractivity contribution in [1.29, 1.82) is 0 Å². The van der Waals surface area contributed by atoms with E-state index in [0.717, 1.165) is 11.1 Å². The summed E-state index contributed by atoms with van der Waals surface area (Å²) in [6.07, 6.45) is -1.35. The molecule has 224 valence electrons. The van der Waals surface area contributed by atoms with E-state index in [4.69, 9.17) is 23.1 Å². The molecule has 1 aliphatic rings. The van der Waals surface area contributed by atoms with Gasteiger partial charge >= 0.3 is 0 Å². The van der Waals surface area contributed by atoms with E-state index in [1.54, 1.807) is 0 Å². The summed E-state index contributed by atoms with van der Waals surface area (Å²) in [7, 11) is -4.14. The highest BCUT2D eigenvalue weighted by atomic mass is 28.4. The minimum atomic E-state index is -2.14. The number of benzene rings is 2. The van der Waals surface area contributed by atoms with E-state index < -0.39 is 16.6 Å². The summed E-state index contributed by atoms with van der Waals surface area (Å²) >= 11 is 0. The van der Waals surface area contributed by atoms with Crippen molar-refractivity contribution in [3.8, 4) is 0 Å². The van der Waals surface area contributed by atoms with Crippen molar-refractivity contribution in [3.63, 3.8) is 0 Å². The zero-order chi connectivity index (χ0) is 29.8. The predicted molar refractivity (Wildman–Crippen MR) is 170 cm³/mol. The predicted octanol–water partition coefficient (Wildman–Crippen LogP) is 8.36. The fraction of sp³-hybridized carbons (Fsp3) is 0.636. The Bertz CT molecular complexity index is 1030. The molecule has 3 rings (SSSR count). The first-order chi connectivity index (χ1) is 18.5. The highest BCUT2D eigenvalue weighted by molar-refractivity contribution is 6.74. The van der Waals surface area contributed by atoms with Crippen molar-refractivity contribution in [2.24, 2.45) is 0 Å². The lowest BCUT2D eigenvalue weighted by Crippen LogP contribution is -2.63. The third-order valence-corrected chi connectivity index (χ3v) is 18.1. The van der Waals surface area contributed by atoms with Crippen molar-refractivity contribution >= 4 is 16.6 Å². The van der Waals surface area contributed by atoms with E-state index >= 15 is 0 Å². The third kappa shape index (κ3) is 8.60. The van der Waals surface area contributed by atoms with Crippen LogP contribution in [-0.2, 0) is 36.3 Å². The van der Waals surface area contributed by atoms with Crippen LogP contribution in [0.2, 0.25) is 36.3 Å². The average molecular weight is 587 g/mol. The third-order valence-electron chi connectivity index (χ3n) is 9.09. The minimum Gasteiger partial charge on any atom is -0.414 e. The van der Waals surface area contributed by atoms with E-state index in [2.05, 4.69) is 98.9 Å². The minimum absolute atomic E-state index is 0.0549. The van der Waals surface area contributed by atoms with Crippen LogP contribution in [0, 0.1) is 0 Å². The van der Waals surface area contributed by atoms with Gasteiger partial charge in [-0.1, -0.05) is 102 Å². The first-order valence-electron chi connectivity index (χ1n) is 14.8. The van der Waals surface area contributed by atoms with Crippen molar-refractivity contribution in [2.45, 2.75) is 128 Å². The van der Waals surface area contributed by atoms with Gasteiger partial charge in [0.15, 0.2) is 16.6 Å². The van der Waals surface area contributed by atoms with Crippen LogP contribution < -0.4 is 0 Å². The van der Waals surface area contributed by atoms with Gasteiger partial charge < -0.3 is 23.1 Å². The molecule has 0 aromatic heterocycles. The Hall–Kier alpha value is -1.33. The number of hydrogen-bond donors (Lipinski definition) is 0. The Balaban J connectivity index is 1.95. The molecule has 0 bridgehead atoms. The Kier molecular flexibility index (Phi) is 11.0. The first-order valence-corrected chi connectivity index (χ1v) is 20.6. The highest BCUT2D eigenvalue weighted by Gasteiger charge is 2.51. The summed E-state index contributed by atoms with van der Waals surface area (Å²) in [5.41, 5.74) is 2.25. The van der Waals surface area contributed by atoms with Crippen LogP contribution >= 0.6 is 0 Å². The van der Waals surface area contributed by atoms with Gasteiger partial charge in [0.2, 0.25) is 0 Å². The lowest BCUT2D eigenvalue weighted by atomic mass is 9.95.